The number of benzene rings is 1. The minimum atomic E-state index is 0.193. The smallest absolute Gasteiger partial charge is 0.139 e. The summed E-state index contributed by atoms with van der Waals surface area (Å²) >= 11 is 0. The molecule has 3 heteroatoms. The number of Topliss-reactive ketones (excluding diaryl/α,β-unsaturated/α-hetero) is 1. The maximum atomic E-state index is 12.1. The van der Waals surface area contributed by atoms with E-state index >= 15 is 0 Å². The van der Waals surface area contributed by atoms with Crippen molar-refractivity contribution in [2.75, 3.05) is 12.3 Å². The topological polar surface area (TPSA) is 46.3 Å². The van der Waals surface area contributed by atoms with Gasteiger partial charge in [0.25, 0.3) is 0 Å². The van der Waals surface area contributed by atoms with Crippen LogP contribution in [0.5, 0.6) is 0 Å². The summed E-state index contributed by atoms with van der Waals surface area (Å²) in [5.74, 6) is 0.649. The Labute approximate surface area is 108 Å². The number of anilines is 1. The summed E-state index contributed by atoms with van der Waals surface area (Å²) in [5.41, 5.74) is 7.78. The fourth-order valence-corrected chi connectivity index (χ4v) is 3.67. The standard InChI is InChI=1S/C15H20N2O/c1-2-17-12-7-8-13(14(18)9-12)15(17)10-3-5-11(16)6-4-10/h3-6,12-13,15H,2,7-9,16H2,1H3. The number of carbonyl (C=O) groups excluding carboxylic acids is 1. The maximum Gasteiger partial charge on any atom is 0.139 e. The molecule has 3 aliphatic rings. The van der Waals surface area contributed by atoms with Crippen molar-refractivity contribution in [3.63, 3.8) is 0 Å². The first kappa shape index (κ1) is 11.7. The maximum absolute atomic E-state index is 12.1. The normalized spacial score (nSPS) is 31.8. The Morgan fingerprint density at radius 1 is 1.28 bits per heavy atom. The second-order valence-electron chi connectivity index (χ2n) is 5.45. The number of piperidine rings is 2. The zero-order valence-corrected chi connectivity index (χ0v) is 10.8. The first-order valence-electron chi connectivity index (χ1n) is 6.84. The third kappa shape index (κ3) is 1.74. The molecule has 2 N–H and O–H groups in total. The summed E-state index contributed by atoms with van der Waals surface area (Å²) in [6.45, 7) is 3.21. The lowest BCUT2D eigenvalue weighted by Gasteiger charge is -2.50. The van der Waals surface area contributed by atoms with E-state index in [2.05, 4.69) is 24.0 Å². The number of hydrogen-bond donors (Lipinski definition) is 1. The Balaban J connectivity index is 1.97. The van der Waals surface area contributed by atoms with Gasteiger partial charge in [-0.25, -0.2) is 0 Å². The summed E-state index contributed by atoms with van der Waals surface area (Å²) in [6, 6.07) is 8.77. The van der Waals surface area contributed by atoms with Crippen LogP contribution in [0.1, 0.15) is 37.8 Å². The largest absolute Gasteiger partial charge is 0.399 e. The van der Waals surface area contributed by atoms with Crippen LogP contribution in [-0.2, 0) is 4.79 Å². The third-order valence-electron chi connectivity index (χ3n) is 4.51. The van der Waals surface area contributed by atoms with Crippen LogP contribution in [0, 0.1) is 5.92 Å². The van der Waals surface area contributed by atoms with Crippen LogP contribution >= 0.6 is 0 Å². The van der Waals surface area contributed by atoms with Crippen LogP contribution in [0.2, 0.25) is 0 Å². The second-order valence-corrected chi connectivity index (χ2v) is 5.45. The summed E-state index contributed by atoms with van der Waals surface area (Å²) in [4.78, 5) is 14.6. The van der Waals surface area contributed by atoms with Gasteiger partial charge in [-0.3, -0.25) is 9.69 Å². The third-order valence-corrected chi connectivity index (χ3v) is 4.51. The molecule has 3 unspecified atom stereocenters. The van der Waals surface area contributed by atoms with Gasteiger partial charge >= 0.3 is 0 Å². The SMILES string of the molecule is CCN1C2CCC(C(=O)C2)C1c1ccc(N)cc1. The zero-order valence-electron chi connectivity index (χ0n) is 10.8. The van der Waals surface area contributed by atoms with E-state index in [9.17, 15) is 4.79 Å². The van der Waals surface area contributed by atoms with Crippen LogP contribution in [0.4, 0.5) is 5.69 Å². The molecule has 4 rings (SSSR count). The molecular formula is C15H20N2O. The summed E-state index contributed by atoms with van der Waals surface area (Å²) in [6.07, 6.45) is 2.98. The van der Waals surface area contributed by atoms with Gasteiger partial charge in [-0.1, -0.05) is 19.1 Å². The molecule has 0 aromatic heterocycles. The lowest BCUT2D eigenvalue weighted by Crippen LogP contribution is -2.53. The Morgan fingerprint density at radius 3 is 2.61 bits per heavy atom. The molecule has 18 heavy (non-hydrogen) atoms. The second kappa shape index (κ2) is 4.39. The quantitative estimate of drug-likeness (QED) is 0.812. The Morgan fingerprint density at radius 2 is 2.00 bits per heavy atom. The van der Waals surface area contributed by atoms with Gasteiger partial charge in [-0.2, -0.15) is 0 Å². The van der Waals surface area contributed by atoms with Gasteiger partial charge in [0.15, 0.2) is 0 Å². The predicted octanol–water partition coefficient (Wildman–Crippen LogP) is 2.38. The number of fused-ring (bicyclic) bond motifs is 3. The van der Waals surface area contributed by atoms with Crippen molar-refractivity contribution < 1.29 is 4.79 Å². The van der Waals surface area contributed by atoms with E-state index in [4.69, 9.17) is 5.73 Å². The van der Waals surface area contributed by atoms with Crippen LogP contribution in [0.25, 0.3) is 0 Å². The van der Waals surface area contributed by atoms with Crippen molar-refractivity contribution in [3.8, 4) is 0 Å². The molecule has 1 aromatic carbocycles. The van der Waals surface area contributed by atoms with Crippen LogP contribution in [0.15, 0.2) is 24.3 Å². The van der Waals surface area contributed by atoms with E-state index < -0.39 is 0 Å². The van der Waals surface area contributed by atoms with Crippen molar-refractivity contribution >= 4 is 11.5 Å². The monoisotopic (exact) mass is 244 g/mol. The van der Waals surface area contributed by atoms with E-state index in [1.54, 1.807) is 0 Å². The number of hydrogen-bond acceptors (Lipinski definition) is 3. The van der Waals surface area contributed by atoms with Gasteiger partial charge in [0, 0.05) is 30.1 Å². The number of nitrogens with two attached hydrogens (primary N) is 1. The molecule has 2 saturated heterocycles. The predicted molar refractivity (Wildman–Crippen MR) is 72.1 cm³/mol. The molecule has 0 amide bonds. The molecule has 0 spiro atoms. The first-order chi connectivity index (χ1) is 8.70. The van der Waals surface area contributed by atoms with Gasteiger partial charge < -0.3 is 5.73 Å². The molecular weight excluding hydrogens is 224 g/mol. The molecule has 1 aliphatic carbocycles. The highest BCUT2D eigenvalue weighted by Gasteiger charge is 2.46. The summed E-state index contributed by atoms with van der Waals surface area (Å²) in [5, 5.41) is 0. The van der Waals surface area contributed by atoms with Gasteiger partial charge in [-0.15, -0.1) is 0 Å². The average Bonchev–Trinajstić information content (AvgIpc) is 2.39. The molecule has 3 fully saturated rings. The molecule has 0 radical (unpaired) electrons. The van der Waals surface area contributed by atoms with Gasteiger partial charge in [0.05, 0.1) is 0 Å². The highest BCUT2D eigenvalue weighted by Crippen LogP contribution is 2.45. The molecule has 1 saturated carbocycles. The zero-order chi connectivity index (χ0) is 12.7. The van der Waals surface area contributed by atoms with Crippen molar-refractivity contribution in [1.29, 1.82) is 0 Å². The fourth-order valence-electron chi connectivity index (χ4n) is 3.67. The highest BCUT2D eigenvalue weighted by atomic mass is 16.1. The lowest BCUT2D eigenvalue weighted by atomic mass is 9.71. The minimum absolute atomic E-state index is 0.193. The molecule has 2 aliphatic heterocycles. The van der Waals surface area contributed by atoms with Gasteiger partial charge in [0.1, 0.15) is 5.78 Å². The Bertz CT molecular complexity index is 454. The van der Waals surface area contributed by atoms with Crippen molar-refractivity contribution in [2.24, 2.45) is 5.92 Å². The van der Waals surface area contributed by atoms with Crippen molar-refractivity contribution in [1.82, 2.24) is 4.90 Å². The van der Waals surface area contributed by atoms with E-state index in [0.29, 0.717) is 11.8 Å². The number of carbonyl (C=O) groups is 1. The summed E-state index contributed by atoms with van der Waals surface area (Å²) < 4.78 is 0. The minimum Gasteiger partial charge on any atom is -0.399 e. The van der Waals surface area contributed by atoms with E-state index in [-0.39, 0.29) is 12.0 Å². The molecule has 96 valence electrons. The number of nitrogens with zero attached hydrogens (tertiary/aromatic N) is 1. The van der Waals surface area contributed by atoms with E-state index in [1.807, 2.05) is 12.1 Å². The molecule has 3 atom stereocenters. The van der Waals surface area contributed by atoms with Crippen molar-refractivity contribution in [3.05, 3.63) is 29.8 Å². The fraction of sp³-hybridized carbons (Fsp3) is 0.533. The summed E-state index contributed by atoms with van der Waals surface area (Å²) in [7, 11) is 0. The van der Waals surface area contributed by atoms with Crippen LogP contribution in [-0.4, -0.2) is 23.3 Å². The number of rotatable bonds is 2. The number of nitrogen functional groups attached to an aromatic ring is 1. The molecule has 2 bridgehead atoms. The van der Waals surface area contributed by atoms with Gasteiger partial charge in [0.2, 0.25) is 0 Å². The Hall–Kier alpha value is -1.35. The first-order valence-corrected chi connectivity index (χ1v) is 6.84. The molecule has 3 nitrogen and oxygen atoms in total. The number of ketones is 1. The van der Waals surface area contributed by atoms with Crippen LogP contribution in [0.3, 0.4) is 0 Å². The van der Waals surface area contributed by atoms with E-state index in [0.717, 1.165) is 25.1 Å². The highest BCUT2D eigenvalue weighted by molar-refractivity contribution is 5.84. The average molecular weight is 244 g/mol. The lowest BCUT2D eigenvalue weighted by molar-refractivity contribution is -0.137. The van der Waals surface area contributed by atoms with Gasteiger partial charge in [-0.05, 0) is 37.1 Å². The van der Waals surface area contributed by atoms with Crippen LogP contribution < -0.4 is 5.73 Å². The molecule has 2 heterocycles. The van der Waals surface area contributed by atoms with E-state index in [1.165, 1.54) is 12.0 Å². The molecule has 1 aromatic rings. The Kier molecular flexibility index (Phi) is 2.86. The van der Waals surface area contributed by atoms with Crippen molar-refractivity contribution in [2.45, 2.75) is 38.3 Å².